The summed E-state index contributed by atoms with van der Waals surface area (Å²) < 4.78 is 13.2. The van der Waals surface area contributed by atoms with E-state index in [9.17, 15) is 14.0 Å². The number of carbonyl (C=O) groups excluding carboxylic acids is 2. The van der Waals surface area contributed by atoms with Crippen LogP contribution in [-0.4, -0.2) is 53.8 Å². The van der Waals surface area contributed by atoms with Crippen molar-refractivity contribution in [2.75, 3.05) is 26.2 Å². The first-order valence-electron chi connectivity index (χ1n) is 9.82. The SMILES string of the molecule is CC(C)C(=O)NCC(=O)N1CCCN(Cc2ccc(F)cc2)[C@H](C(C)C)C1. The van der Waals surface area contributed by atoms with Crippen LogP contribution in [0.1, 0.15) is 39.7 Å². The van der Waals surface area contributed by atoms with Crippen LogP contribution in [0.4, 0.5) is 4.39 Å². The molecule has 2 rings (SSSR count). The molecular formula is C21H32FN3O2. The molecule has 1 heterocycles. The fourth-order valence-electron chi connectivity index (χ4n) is 3.42. The summed E-state index contributed by atoms with van der Waals surface area (Å²) in [7, 11) is 0. The molecule has 150 valence electrons. The highest BCUT2D eigenvalue weighted by molar-refractivity contribution is 5.85. The van der Waals surface area contributed by atoms with Gasteiger partial charge in [0.1, 0.15) is 5.82 Å². The molecule has 2 amide bonds. The van der Waals surface area contributed by atoms with Crippen molar-refractivity contribution in [1.82, 2.24) is 15.1 Å². The molecule has 1 fully saturated rings. The first-order chi connectivity index (χ1) is 12.8. The summed E-state index contributed by atoms with van der Waals surface area (Å²) in [6.45, 7) is 11.0. The van der Waals surface area contributed by atoms with Gasteiger partial charge in [-0.15, -0.1) is 0 Å². The van der Waals surface area contributed by atoms with Crippen LogP contribution in [0.15, 0.2) is 24.3 Å². The molecule has 0 spiro atoms. The summed E-state index contributed by atoms with van der Waals surface area (Å²) in [5.41, 5.74) is 1.08. The van der Waals surface area contributed by atoms with E-state index in [0.29, 0.717) is 19.0 Å². The van der Waals surface area contributed by atoms with Gasteiger partial charge in [-0.25, -0.2) is 4.39 Å². The van der Waals surface area contributed by atoms with Gasteiger partial charge in [-0.1, -0.05) is 39.8 Å². The molecule has 1 N–H and O–H groups in total. The van der Waals surface area contributed by atoms with E-state index in [1.807, 2.05) is 30.9 Å². The lowest BCUT2D eigenvalue weighted by Crippen LogP contribution is -2.48. The van der Waals surface area contributed by atoms with Gasteiger partial charge >= 0.3 is 0 Å². The fourth-order valence-corrected chi connectivity index (χ4v) is 3.42. The molecule has 1 aromatic rings. The number of amides is 2. The van der Waals surface area contributed by atoms with Crippen LogP contribution in [0.25, 0.3) is 0 Å². The molecular weight excluding hydrogens is 345 g/mol. The second-order valence-electron chi connectivity index (χ2n) is 7.97. The van der Waals surface area contributed by atoms with Crippen LogP contribution in [-0.2, 0) is 16.1 Å². The Morgan fingerprint density at radius 1 is 1.15 bits per heavy atom. The summed E-state index contributed by atoms with van der Waals surface area (Å²) in [6.07, 6.45) is 0.883. The monoisotopic (exact) mass is 377 g/mol. The highest BCUT2D eigenvalue weighted by Crippen LogP contribution is 2.20. The third-order valence-corrected chi connectivity index (χ3v) is 5.11. The maximum absolute atomic E-state index is 13.2. The lowest BCUT2D eigenvalue weighted by atomic mass is 10.0. The minimum atomic E-state index is -0.227. The lowest BCUT2D eigenvalue weighted by molar-refractivity contribution is -0.134. The highest BCUT2D eigenvalue weighted by atomic mass is 19.1. The Kier molecular flexibility index (Phi) is 7.78. The third kappa shape index (κ3) is 6.31. The molecule has 0 saturated carbocycles. The first-order valence-corrected chi connectivity index (χ1v) is 9.82. The van der Waals surface area contributed by atoms with E-state index in [2.05, 4.69) is 24.1 Å². The second-order valence-corrected chi connectivity index (χ2v) is 7.97. The number of halogens is 1. The summed E-state index contributed by atoms with van der Waals surface area (Å²) in [5.74, 6) is -0.106. The Balaban J connectivity index is 2.01. The first kappa shape index (κ1) is 21.4. The molecule has 1 saturated heterocycles. The topological polar surface area (TPSA) is 52.7 Å². The van der Waals surface area contributed by atoms with Gasteiger partial charge in [0.25, 0.3) is 0 Å². The number of rotatable bonds is 6. The average Bonchev–Trinajstić information content (AvgIpc) is 2.84. The molecule has 1 aliphatic rings. The molecule has 27 heavy (non-hydrogen) atoms. The maximum atomic E-state index is 13.2. The highest BCUT2D eigenvalue weighted by Gasteiger charge is 2.29. The fraction of sp³-hybridized carbons (Fsp3) is 0.619. The van der Waals surface area contributed by atoms with Gasteiger partial charge in [-0.3, -0.25) is 14.5 Å². The molecule has 0 aromatic heterocycles. The van der Waals surface area contributed by atoms with Gasteiger partial charge in [0.2, 0.25) is 11.8 Å². The van der Waals surface area contributed by atoms with Crippen molar-refractivity contribution in [2.24, 2.45) is 11.8 Å². The predicted octanol–water partition coefficient (Wildman–Crippen LogP) is 2.66. The van der Waals surface area contributed by atoms with Crippen LogP contribution in [0, 0.1) is 17.7 Å². The Hall–Kier alpha value is -1.95. The van der Waals surface area contributed by atoms with Crippen molar-refractivity contribution in [2.45, 2.75) is 46.7 Å². The summed E-state index contributed by atoms with van der Waals surface area (Å²) in [6, 6.07) is 6.85. The van der Waals surface area contributed by atoms with E-state index in [1.54, 1.807) is 0 Å². The van der Waals surface area contributed by atoms with Gasteiger partial charge in [-0.2, -0.15) is 0 Å². The zero-order chi connectivity index (χ0) is 20.0. The van der Waals surface area contributed by atoms with Crippen LogP contribution in [0.5, 0.6) is 0 Å². The van der Waals surface area contributed by atoms with Crippen molar-refractivity contribution < 1.29 is 14.0 Å². The van der Waals surface area contributed by atoms with E-state index >= 15 is 0 Å². The molecule has 6 heteroatoms. The molecule has 5 nitrogen and oxygen atoms in total. The van der Waals surface area contributed by atoms with Crippen molar-refractivity contribution in [3.8, 4) is 0 Å². The minimum absolute atomic E-state index is 0.0294. The standard InChI is InChI=1S/C21H32FN3O2/c1-15(2)19-14-25(20(26)12-23-21(27)16(3)4)11-5-10-24(19)13-17-6-8-18(22)9-7-17/h6-9,15-16,19H,5,10-14H2,1-4H3,(H,23,27)/t19-/m0/s1. The van der Waals surface area contributed by atoms with Gasteiger partial charge < -0.3 is 10.2 Å². The Morgan fingerprint density at radius 2 is 1.81 bits per heavy atom. The zero-order valence-electron chi connectivity index (χ0n) is 16.9. The van der Waals surface area contributed by atoms with E-state index in [1.165, 1.54) is 12.1 Å². The molecule has 0 aliphatic carbocycles. The largest absolute Gasteiger partial charge is 0.347 e. The number of hydrogen-bond donors (Lipinski definition) is 1. The third-order valence-electron chi connectivity index (χ3n) is 5.11. The van der Waals surface area contributed by atoms with Crippen molar-refractivity contribution in [3.05, 3.63) is 35.6 Å². The lowest BCUT2D eigenvalue weighted by Gasteiger charge is -2.34. The van der Waals surface area contributed by atoms with E-state index in [0.717, 1.165) is 25.1 Å². The van der Waals surface area contributed by atoms with E-state index < -0.39 is 0 Å². The van der Waals surface area contributed by atoms with Crippen LogP contribution < -0.4 is 5.32 Å². The van der Waals surface area contributed by atoms with Gasteiger partial charge in [0.15, 0.2) is 0 Å². The normalized spacial score (nSPS) is 18.6. The second kappa shape index (κ2) is 9.83. The summed E-state index contributed by atoms with van der Waals surface area (Å²) in [4.78, 5) is 28.6. The average molecular weight is 378 g/mol. The minimum Gasteiger partial charge on any atom is -0.347 e. The quantitative estimate of drug-likeness (QED) is 0.829. The van der Waals surface area contributed by atoms with Crippen molar-refractivity contribution in [3.63, 3.8) is 0 Å². The van der Waals surface area contributed by atoms with Crippen LogP contribution in [0.2, 0.25) is 0 Å². The number of nitrogens with zero attached hydrogens (tertiary/aromatic N) is 2. The van der Waals surface area contributed by atoms with E-state index in [-0.39, 0.29) is 36.1 Å². The molecule has 0 bridgehead atoms. The summed E-state index contributed by atoms with van der Waals surface area (Å²) >= 11 is 0. The van der Waals surface area contributed by atoms with Gasteiger partial charge in [0.05, 0.1) is 6.54 Å². The Labute approximate surface area is 161 Å². The van der Waals surface area contributed by atoms with Crippen LogP contribution in [0.3, 0.4) is 0 Å². The molecule has 0 radical (unpaired) electrons. The smallest absolute Gasteiger partial charge is 0.242 e. The molecule has 1 aromatic carbocycles. The van der Waals surface area contributed by atoms with Gasteiger partial charge in [-0.05, 0) is 30.0 Å². The molecule has 0 unspecified atom stereocenters. The predicted molar refractivity (Wildman–Crippen MR) is 104 cm³/mol. The maximum Gasteiger partial charge on any atom is 0.242 e. The number of hydrogen-bond acceptors (Lipinski definition) is 3. The number of carbonyl (C=O) groups is 2. The van der Waals surface area contributed by atoms with Gasteiger partial charge in [0, 0.05) is 38.1 Å². The van der Waals surface area contributed by atoms with Crippen LogP contribution >= 0.6 is 0 Å². The number of benzene rings is 1. The van der Waals surface area contributed by atoms with E-state index in [4.69, 9.17) is 0 Å². The summed E-state index contributed by atoms with van der Waals surface area (Å²) in [5, 5.41) is 2.72. The Bertz CT molecular complexity index is 631. The van der Waals surface area contributed by atoms with Crippen molar-refractivity contribution in [1.29, 1.82) is 0 Å². The number of nitrogens with one attached hydrogen (secondary N) is 1. The van der Waals surface area contributed by atoms with Crippen molar-refractivity contribution >= 4 is 11.8 Å². The Morgan fingerprint density at radius 3 is 2.41 bits per heavy atom. The molecule has 1 aliphatic heterocycles. The molecule has 1 atom stereocenters. The zero-order valence-corrected chi connectivity index (χ0v) is 16.9.